The molecular formula is C27H36N2O4S. The fraction of sp³-hybridized carbons (Fsp3) is 0.444. The number of hydrogen-bond donors (Lipinski definition) is 2. The van der Waals surface area contributed by atoms with Crippen LogP contribution in [0.2, 0.25) is 0 Å². The molecule has 0 amide bonds. The number of thiocarbonyl (C=S) groups is 1. The molecule has 7 heteroatoms. The van der Waals surface area contributed by atoms with Gasteiger partial charge in [-0.15, -0.1) is 0 Å². The van der Waals surface area contributed by atoms with Gasteiger partial charge in [0.15, 0.2) is 5.11 Å². The Hall–Kier alpha value is -2.93. The summed E-state index contributed by atoms with van der Waals surface area (Å²) in [6.45, 7) is 10.7. The molecule has 2 N–H and O–H groups in total. The van der Waals surface area contributed by atoms with Crippen LogP contribution < -0.4 is 10.6 Å². The van der Waals surface area contributed by atoms with Gasteiger partial charge in [-0.05, 0) is 71.3 Å². The lowest BCUT2D eigenvalue weighted by Crippen LogP contribution is -2.50. The second-order valence-corrected chi connectivity index (χ2v) is 10.6. The fourth-order valence-electron chi connectivity index (χ4n) is 3.26. The van der Waals surface area contributed by atoms with E-state index in [1.54, 1.807) is 41.5 Å². The molecule has 0 heterocycles. The van der Waals surface area contributed by atoms with E-state index in [1.165, 1.54) is 0 Å². The van der Waals surface area contributed by atoms with Gasteiger partial charge in [-0.3, -0.25) is 4.79 Å². The highest BCUT2D eigenvalue weighted by molar-refractivity contribution is 7.80. The number of hydrogen-bond acceptors (Lipinski definition) is 5. The lowest BCUT2D eigenvalue weighted by Gasteiger charge is -2.28. The first-order chi connectivity index (χ1) is 15.8. The highest BCUT2D eigenvalue weighted by atomic mass is 32.1. The second-order valence-electron chi connectivity index (χ2n) is 10.1. The van der Waals surface area contributed by atoms with Crippen molar-refractivity contribution in [1.29, 1.82) is 0 Å². The van der Waals surface area contributed by atoms with Gasteiger partial charge >= 0.3 is 11.9 Å². The standard InChI is InChI=1S/C27H36N2O4S/c1-26(2,3)32-23(30)18-22(24(31)33-27(4,5)6)29-25(34)28-21(20-15-11-8-12-16-20)17-19-13-9-7-10-14-19/h7-16,21-22H,17-18H2,1-6H3,(H2,28,29,34). The Morgan fingerprint density at radius 1 is 0.824 bits per heavy atom. The molecule has 0 saturated carbocycles. The van der Waals surface area contributed by atoms with Crippen molar-refractivity contribution >= 4 is 29.3 Å². The molecule has 0 saturated heterocycles. The number of nitrogens with one attached hydrogen (secondary N) is 2. The summed E-state index contributed by atoms with van der Waals surface area (Å²) in [5.74, 6) is -1.08. The largest absolute Gasteiger partial charge is 0.460 e. The van der Waals surface area contributed by atoms with Crippen LogP contribution in [0.1, 0.15) is 65.1 Å². The topological polar surface area (TPSA) is 76.7 Å². The molecule has 2 atom stereocenters. The number of benzene rings is 2. The van der Waals surface area contributed by atoms with Crippen LogP contribution in [0, 0.1) is 0 Å². The van der Waals surface area contributed by atoms with E-state index in [-0.39, 0.29) is 17.6 Å². The smallest absolute Gasteiger partial charge is 0.329 e. The molecule has 2 unspecified atom stereocenters. The van der Waals surface area contributed by atoms with E-state index in [2.05, 4.69) is 22.8 Å². The molecule has 0 aliphatic carbocycles. The SMILES string of the molecule is CC(C)(C)OC(=O)CC(NC(=S)NC(Cc1ccccc1)c1ccccc1)C(=O)OC(C)(C)C. The Bertz CT molecular complexity index is 950. The highest BCUT2D eigenvalue weighted by Crippen LogP contribution is 2.19. The van der Waals surface area contributed by atoms with Crippen molar-refractivity contribution < 1.29 is 19.1 Å². The minimum Gasteiger partial charge on any atom is -0.460 e. The van der Waals surface area contributed by atoms with Gasteiger partial charge in [-0.1, -0.05) is 60.7 Å². The first-order valence-electron chi connectivity index (χ1n) is 11.4. The van der Waals surface area contributed by atoms with E-state index in [4.69, 9.17) is 21.7 Å². The molecule has 6 nitrogen and oxygen atoms in total. The van der Waals surface area contributed by atoms with Crippen molar-refractivity contribution in [3.8, 4) is 0 Å². The van der Waals surface area contributed by atoms with Crippen LogP contribution in [0.3, 0.4) is 0 Å². The van der Waals surface area contributed by atoms with E-state index >= 15 is 0 Å². The molecule has 0 bridgehead atoms. The average Bonchev–Trinajstić information content (AvgIpc) is 2.71. The average molecular weight is 485 g/mol. The number of carbonyl (C=O) groups is 2. The fourth-order valence-corrected chi connectivity index (χ4v) is 3.55. The monoisotopic (exact) mass is 484 g/mol. The predicted octanol–water partition coefficient (Wildman–Crippen LogP) is 4.88. The molecule has 2 aromatic rings. The molecule has 2 rings (SSSR count). The van der Waals surface area contributed by atoms with Crippen LogP contribution in [-0.2, 0) is 25.5 Å². The van der Waals surface area contributed by atoms with Crippen molar-refractivity contribution in [1.82, 2.24) is 10.6 Å². The summed E-state index contributed by atoms with van der Waals surface area (Å²) in [5, 5.41) is 6.55. The van der Waals surface area contributed by atoms with Crippen LogP contribution in [0.5, 0.6) is 0 Å². The first-order valence-corrected chi connectivity index (χ1v) is 11.8. The van der Waals surface area contributed by atoms with Crippen molar-refractivity contribution in [2.24, 2.45) is 0 Å². The van der Waals surface area contributed by atoms with Crippen LogP contribution in [0.4, 0.5) is 0 Å². The molecule has 34 heavy (non-hydrogen) atoms. The van der Waals surface area contributed by atoms with Gasteiger partial charge in [0, 0.05) is 0 Å². The lowest BCUT2D eigenvalue weighted by atomic mass is 9.99. The minimum atomic E-state index is -0.984. The molecule has 0 fully saturated rings. The number of esters is 2. The number of rotatable bonds is 8. The maximum Gasteiger partial charge on any atom is 0.329 e. The Labute approximate surface area is 208 Å². The summed E-state index contributed by atoms with van der Waals surface area (Å²) in [5.41, 5.74) is 0.822. The van der Waals surface area contributed by atoms with E-state index < -0.39 is 29.2 Å². The van der Waals surface area contributed by atoms with Crippen LogP contribution in [0.25, 0.3) is 0 Å². The molecule has 184 valence electrons. The van der Waals surface area contributed by atoms with E-state index in [0.717, 1.165) is 11.1 Å². The van der Waals surface area contributed by atoms with Gasteiger partial charge in [-0.2, -0.15) is 0 Å². The van der Waals surface area contributed by atoms with Crippen molar-refractivity contribution in [2.75, 3.05) is 0 Å². The van der Waals surface area contributed by atoms with Gasteiger partial charge in [0.25, 0.3) is 0 Å². The van der Waals surface area contributed by atoms with Crippen molar-refractivity contribution in [3.05, 3.63) is 71.8 Å². The maximum absolute atomic E-state index is 12.9. The summed E-state index contributed by atoms with van der Waals surface area (Å²) in [4.78, 5) is 25.3. The Balaban J connectivity index is 2.17. The predicted molar refractivity (Wildman–Crippen MR) is 138 cm³/mol. The van der Waals surface area contributed by atoms with E-state index in [0.29, 0.717) is 6.42 Å². The zero-order chi connectivity index (χ0) is 25.4. The molecule has 0 spiro atoms. The zero-order valence-electron chi connectivity index (χ0n) is 20.9. The molecule has 0 radical (unpaired) electrons. The van der Waals surface area contributed by atoms with E-state index in [1.807, 2.05) is 48.5 Å². The van der Waals surface area contributed by atoms with Gasteiger partial charge in [0.1, 0.15) is 17.2 Å². The van der Waals surface area contributed by atoms with Gasteiger partial charge < -0.3 is 20.1 Å². The molecule has 2 aromatic carbocycles. The van der Waals surface area contributed by atoms with Gasteiger partial charge in [-0.25, -0.2) is 4.79 Å². The van der Waals surface area contributed by atoms with Crippen molar-refractivity contribution in [2.45, 2.75) is 77.7 Å². The normalized spacial score (nSPS) is 13.4. The minimum absolute atomic E-state index is 0.135. The molecular weight excluding hydrogens is 448 g/mol. The summed E-state index contributed by atoms with van der Waals surface area (Å²) in [6.07, 6.45) is 0.485. The molecule has 0 aromatic heterocycles. The summed E-state index contributed by atoms with van der Waals surface area (Å²) in [7, 11) is 0. The molecule has 0 aliphatic rings. The third kappa shape index (κ3) is 10.3. The number of carbonyl (C=O) groups excluding carboxylic acids is 2. The molecule has 0 aliphatic heterocycles. The van der Waals surface area contributed by atoms with Crippen LogP contribution in [-0.4, -0.2) is 34.3 Å². The van der Waals surface area contributed by atoms with Gasteiger partial charge in [0.2, 0.25) is 0 Å². The quantitative estimate of drug-likeness (QED) is 0.409. The highest BCUT2D eigenvalue weighted by Gasteiger charge is 2.30. The van der Waals surface area contributed by atoms with Crippen LogP contribution >= 0.6 is 12.2 Å². The summed E-state index contributed by atoms with van der Waals surface area (Å²) >= 11 is 5.56. The Morgan fingerprint density at radius 3 is 1.88 bits per heavy atom. The summed E-state index contributed by atoms with van der Waals surface area (Å²) < 4.78 is 10.9. The third-order valence-electron chi connectivity index (χ3n) is 4.58. The van der Waals surface area contributed by atoms with E-state index in [9.17, 15) is 9.59 Å². The first kappa shape index (κ1) is 27.3. The summed E-state index contributed by atoms with van der Waals surface area (Å²) in [6, 6.07) is 18.9. The Kier molecular flexibility index (Phi) is 9.62. The van der Waals surface area contributed by atoms with Crippen molar-refractivity contribution in [3.63, 3.8) is 0 Å². The van der Waals surface area contributed by atoms with Crippen LogP contribution in [0.15, 0.2) is 60.7 Å². The zero-order valence-corrected chi connectivity index (χ0v) is 21.7. The third-order valence-corrected chi connectivity index (χ3v) is 4.81. The number of ether oxygens (including phenoxy) is 2. The Morgan fingerprint density at radius 2 is 1.35 bits per heavy atom. The maximum atomic E-state index is 12.9. The lowest BCUT2D eigenvalue weighted by molar-refractivity contribution is -0.164. The second kappa shape index (κ2) is 12.0. The van der Waals surface area contributed by atoms with Gasteiger partial charge in [0.05, 0.1) is 12.5 Å².